The zero-order valence-electron chi connectivity index (χ0n) is 12.9. The second-order valence-electron chi connectivity index (χ2n) is 5.98. The number of pyridine rings is 1. The maximum Gasteiger partial charge on any atom is 0.317 e. The van der Waals surface area contributed by atoms with E-state index in [9.17, 15) is 4.79 Å². The van der Waals surface area contributed by atoms with Crippen molar-refractivity contribution in [3.8, 4) is 0 Å². The number of carbonyl (C=O) groups excluding carboxylic acids is 1. The zero-order valence-corrected chi connectivity index (χ0v) is 12.9. The molecule has 2 saturated heterocycles. The van der Waals surface area contributed by atoms with Gasteiger partial charge in [-0.2, -0.15) is 0 Å². The number of ether oxygens (including phenoxy) is 1. The van der Waals surface area contributed by atoms with Gasteiger partial charge in [0.15, 0.2) is 0 Å². The van der Waals surface area contributed by atoms with Gasteiger partial charge in [0.2, 0.25) is 0 Å². The molecule has 2 aliphatic heterocycles. The Kier molecular flexibility index (Phi) is 5.24. The average molecular weight is 304 g/mol. The van der Waals surface area contributed by atoms with Crippen LogP contribution in [0.2, 0.25) is 0 Å². The Balaban J connectivity index is 1.48. The first-order chi connectivity index (χ1) is 10.8. The summed E-state index contributed by atoms with van der Waals surface area (Å²) in [7, 11) is 0. The minimum Gasteiger partial charge on any atom is -0.378 e. The van der Waals surface area contributed by atoms with E-state index in [2.05, 4.69) is 27.3 Å². The van der Waals surface area contributed by atoms with Crippen LogP contribution >= 0.6 is 0 Å². The van der Waals surface area contributed by atoms with E-state index in [4.69, 9.17) is 4.74 Å². The summed E-state index contributed by atoms with van der Waals surface area (Å²) in [5, 5.41) is 3.18. The third-order valence-electron chi connectivity index (χ3n) is 4.29. The standard InChI is InChI=1S/C16H24N4O2/c21-16(20-8-10-22-11-9-20)18-15-2-1-7-19(13-15)12-14-3-5-17-6-4-14/h3-6,15H,1-2,7-13H2,(H,18,21). The maximum atomic E-state index is 12.3. The van der Waals surface area contributed by atoms with Crippen LogP contribution in [-0.2, 0) is 11.3 Å². The van der Waals surface area contributed by atoms with E-state index in [1.54, 1.807) is 0 Å². The van der Waals surface area contributed by atoms with Crippen molar-refractivity contribution in [1.29, 1.82) is 0 Å². The number of urea groups is 1. The molecular formula is C16H24N4O2. The van der Waals surface area contributed by atoms with Crippen LogP contribution in [0, 0.1) is 0 Å². The molecule has 0 radical (unpaired) electrons. The van der Waals surface area contributed by atoms with Crippen LogP contribution in [0.5, 0.6) is 0 Å². The normalized spacial score (nSPS) is 23.3. The lowest BCUT2D eigenvalue weighted by Gasteiger charge is -2.35. The first-order valence-electron chi connectivity index (χ1n) is 8.06. The molecule has 1 unspecified atom stereocenters. The van der Waals surface area contributed by atoms with Crippen LogP contribution in [0.25, 0.3) is 0 Å². The summed E-state index contributed by atoms with van der Waals surface area (Å²) in [4.78, 5) is 20.6. The molecule has 0 saturated carbocycles. The monoisotopic (exact) mass is 304 g/mol. The Morgan fingerprint density at radius 2 is 2.05 bits per heavy atom. The van der Waals surface area contributed by atoms with E-state index >= 15 is 0 Å². The first-order valence-corrected chi connectivity index (χ1v) is 8.06. The molecule has 0 aromatic carbocycles. The number of nitrogens with one attached hydrogen (secondary N) is 1. The fourth-order valence-electron chi connectivity index (χ4n) is 3.10. The molecule has 3 rings (SSSR count). The van der Waals surface area contributed by atoms with E-state index in [0.29, 0.717) is 26.3 Å². The maximum absolute atomic E-state index is 12.3. The molecule has 2 fully saturated rings. The van der Waals surface area contributed by atoms with Crippen LogP contribution in [0.15, 0.2) is 24.5 Å². The molecule has 1 N–H and O–H groups in total. The number of nitrogens with zero attached hydrogens (tertiary/aromatic N) is 3. The van der Waals surface area contributed by atoms with Crippen LogP contribution in [0.1, 0.15) is 18.4 Å². The molecule has 0 spiro atoms. The highest BCUT2D eigenvalue weighted by atomic mass is 16.5. The molecular weight excluding hydrogens is 280 g/mol. The van der Waals surface area contributed by atoms with Gasteiger partial charge in [0.25, 0.3) is 0 Å². The van der Waals surface area contributed by atoms with Crippen molar-refractivity contribution in [3.05, 3.63) is 30.1 Å². The van der Waals surface area contributed by atoms with Crippen molar-refractivity contribution in [1.82, 2.24) is 20.1 Å². The van der Waals surface area contributed by atoms with Crippen molar-refractivity contribution in [2.45, 2.75) is 25.4 Å². The first kappa shape index (κ1) is 15.2. The summed E-state index contributed by atoms with van der Waals surface area (Å²) in [6.07, 6.45) is 5.84. The molecule has 0 bridgehead atoms. The van der Waals surface area contributed by atoms with E-state index < -0.39 is 0 Å². The largest absolute Gasteiger partial charge is 0.378 e. The van der Waals surface area contributed by atoms with E-state index in [1.807, 2.05) is 17.3 Å². The third-order valence-corrected chi connectivity index (χ3v) is 4.29. The number of piperidine rings is 1. The van der Waals surface area contributed by atoms with Crippen LogP contribution in [0.4, 0.5) is 4.79 Å². The molecule has 6 nitrogen and oxygen atoms in total. The predicted molar refractivity (Wildman–Crippen MR) is 83.5 cm³/mol. The second-order valence-corrected chi connectivity index (χ2v) is 5.98. The average Bonchev–Trinajstić information content (AvgIpc) is 2.57. The number of hydrogen-bond acceptors (Lipinski definition) is 4. The number of likely N-dealkylation sites (tertiary alicyclic amines) is 1. The molecule has 2 amide bonds. The molecule has 1 atom stereocenters. The summed E-state index contributed by atoms with van der Waals surface area (Å²) in [6.45, 7) is 5.61. The third kappa shape index (κ3) is 4.18. The molecule has 1 aromatic rings. The van der Waals surface area contributed by atoms with Gasteiger partial charge in [-0.05, 0) is 37.1 Å². The van der Waals surface area contributed by atoms with Gasteiger partial charge in [0.05, 0.1) is 13.2 Å². The predicted octanol–water partition coefficient (Wildman–Crippen LogP) is 1.09. The summed E-state index contributed by atoms with van der Waals surface area (Å²) >= 11 is 0. The fraction of sp³-hybridized carbons (Fsp3) is 0.625. The Morgan fingerprint density at radius 1 is 1.27 bits per heavy atom. The van der Waals surface area contributed by atoms with Crippen molar-refractivity contribution >= 4 is 6.03 Å². The smallest absolute Gasteiger partial charge is 0.317 e. The van der Waals surface area contributed by atoms with Gasteiger partial charge in [0.1, 0.15) is 0 Å². The lowest BCUT2D eigenvalue weighted by molar-refractivity contribution is 0.0513. The van der Waals surface area contributed by atoms with Crippen LogP contribution in [-0.4, -0.2) is 66.2 Å². The Morgan fingerprint density at radius 3 is 2.82 bits per heavy atom. The summed E-state index contributed by atoms with van der Waals surface area (Å²) in [6, 6.07) is 4.40. The molecule has 1 aromatic heterocycles. The molecule has 0 aliphatic carbocycles. The Labute approximate surface area is 131 Å². The number of rotatable bonds is 3. The van der Waals surface area contributed by atoms with Crippen LogP contribution < -0.4 is 5.32 Å². The zero-order chi connectivity index (χ0) is 15.2. The SMILES string of the molecule is O=C(NC1CCCN(Cc2ccncc2)C1)N1CCOCC1. The lowest BCUT2D eigenvalue weighted by Crippen LogP contribution is -2.53. The Hall–Kier alpha value is -1.66. The van der Waals surface area contributed by atoms with E-state index in [-0.39, 0.29) is 12.1 Å². The van der Waals surface area contributed by atoms with E-state index in [0.717, 1.165) is 32.5 Å². The van der Waals surface area contributed by atoms with Gasteiger partial charge in [0, 0.05) is 44.6 Å². The van der Waals surface area contributed by atoms with E-state index in [1.165, 1.54) is 5.56 Å². The van der Waals surface area contributed by atoms with Gasteiger partial charge in [-0.25, -0.2) is 4.79 Å². The van der Waals surface area contributed by atoms with Crippen molar-refractivity contribution in [2.24, 2.45) is 0 Å². The summed E-state index contributed by atoms with van der Waals surface area (Å²) in [5.74, 6) is 0. The molecule has 22 heavy (non-hydrogen) atoms. The number of hydrogen-bond donors (Lipinski definition) is 1. The van der Waals surface area contributed by atoms with Gasteiger partial charge in [-0.3, -0.25) is 9.88 Å². The highest BCUT2D eigenvalue weighted by Gasteiger charge is 2.24. The van der Waals surface area contributed by atoms with Crippen LogP contribution in [0.3, 0.4) is 0 Å². The molecule has 120 valence electrons. The summed E-state index contributed by atoms with van der Waals surface area (Å²) < 4.78 is 5.29. The quantitative estimate of drug-likeness (QED) is 0.908. The number of morpholine rings is 1. The van der Waals surface area contributed by atoms with Gasteiger partial charge >= 0.3 is 6.03 Å². The second kappa shape index (κ2) is 7.56. The number of carbonyl (C=O) groups is 1. The van der Waals surface area contributed by atoms with Crippen molar-refractivity contribution in [3.63, 3.8) is 0 Å². The molecule has 3 heterocycles. The minimum absolute atomic E-state index is 0.0547. The lowest BCUT2D eigenvalue weighted by atomic mass is 10.1. The highest BCUT2D eigenvalue weighted by molar-refractivity contribution is 5.74. The van der Waals surface area contributed by atoms with Crippen molar-refractivity contribution < 1.29 is 9.53 Å². The minimum atomic E-state index is 0.0547. The van der Waals surface area contributed by atoms with Gasteiger partial charge < -0.3 is 15.0 Å². The molecule has 2 aliphatic rings. The highest BCUT2D eigenvalue weighted by Crippen LogP contribution is 2.14. The topological polar surface area (TPSA) is 57.7 Å². The van der Waals surface area contributed by atoms with Gasteiger partial charge in [-0.15, -0.1) is 0 Å². The number of aromatic nitrogens is 1. The van der Waals surface area contributed by atoms with Crippen molar-refractivity contribution in [2.75, 3.05) is 39.4 Å². The fourth-order valence-corrected chi connectivity index (χ4v) is 3.10. The Bertz CT molecular complexity index is 476. The summed E-state index contributed by atoms with van der Waals surface area (Å²) in [5.41, 5.74) is 1.27. The number of amides is 2. The van der Waals surface area contributed by atoms with Gasteiger partial charge in [-0.1, -0.05) is 0 Å². The molecule has 6 heteroatoms.